The minimum atomic E-state index is 1.02. The number of thioether (sulfide) groups is 1. The van der Waals surface area contributed by atoms with Gasteiger partial charge in [0.1, 0.15) is 17.8 Å². The molecule has 0 radical (unpaired) electrons. The van der Waals surface area contributed by atoms with Gasteiger partial charge in [-0.15, -0.1) is 0 Å². The van der Waals surface area contributed by atoms with Gasteiger partial charge in [-0.25, -0.2) is 9.13 Å². The molecule has 82 valence electrons. The lowest BCUT2D eigenvalue weighted by Gasteiger charge is -1.99. The molecule has 0 aliphatic rings. The second-order valence-electron chi connectivity index (χ2n) is 3.64. The molecule has 15 heavy (non-hydrogen) atoms. The smallest absolute Gasteiger partial charge is 0.226 e. The lowest BCUT2D eigenvalue weighted by atomic mass is 10.2. The number of nitrogens with zero attached hydrogens (tertiary/aromatic N) is 3. The third kappa shape index (κ3) is 3.60. The van der Waals surface area contributed by atoms with E-state index in [0.717, 1.165) is 11.7 Å². The number of imidazole rings is 1. The van der Waals surface area contributed by atoms with Gasteiger partial charge in [-0.05, 0) is 12.8 Å². The first-order chi connectivity index (χ1) is 7.29. The standard InChI is InChI=1S/C11H18N3S/c1-3-4-5-6-7-14-9-8-13(2)11(14)15-10-12/h8-9H,3-7H2,1-2H3/q+1. The Morgan fingerprint density at radius 3 is 2.93 bits per heavy atom. The average molecular weight is 224 g/mol. The molecule has 0 aliphatic heterocycles. The summed E-state index contributed by atoms with van der Waals surface area (Å²) in [5.41, 5.74) is 0. The van der Waals surface area contributed by atoms with Gasteiger partial charge in [0.05, 0.1) is 25.4 Å². The summed E-state index contributed by atoms with van der Waals surface area (Å²) in [6.45, 7) is 3.23. The number of hydrogen-bond donors (Lipinski definition) is 0. The first-order valence-electron chi connectivity index (χ1n) is 5.40. The van der Waals surface area contributed by atoms with Crippen molar-refractivity contribution >= 4 is 11.8 Å². The van der Waals surface area contributed by atoms with E-state index in [9.17, 15) is 0 Å². The maximum atomic E-state index is 8.68. The number of rotatable bonds is 6. The highest BCUT2D eigenvalue weighted by molar-refractivity contribution is 8.03. The van der Waals surface area contributed by atoms with Gasteiger partial charge in [0.25, 0.3) is 0 Å². The number of aromatic nitrogens is 2. The van der Waals surface area contributed by atoms with Gasteiger partial charge >= 0.3 is 5.16 Å². The highest BCUT2D eigenvalue weighted by Gasteiger charge is 2.14. The van der Waals surface area contributed by atoms with Crippen LogP contribution in [0, 0.1) is 10.7 Å². The predicted molar refractivity (Wildman–Crippen MR) is 61.2 cm³/mol. The van der Waals surface area contributed by atoms with Gasteiger partial charge in [0, 0.05) is 0 Å². The molecule has 0 fully saturated rings. The lowest BCUT2D eigenvalue weighted by molar-refractivity contribution is -0.709. The molecule has 1 aromatic heterocycles. The van der Waals surface area contributed by atoms with Crippen molar-refractivity contribution in [2.45, 2.75) is 44.3 Å². The molecule has 1 rings (SSSR count). The number of thiocyanates is 1. The fraction of sp³-hybridized carbons (Fsp3) is 0.636. The molecule has 0 saturated heterocycles. The van der Waals surface area contributed by atoms with Crippen molar-refractivity contribution in [2.75, 3.05) is 0 Å². The van der Waals surface area contributed by atoms with Gasteiger partial charge in [-0.1, -0.05) is 19.8 Å². The van der Waals surface area contributed by atoms with Gasteiger partial charge in [0.15, 0.2) is 0 Å². The molecule has 1 heterocycles. The van der Waals surface area contributed by atoms with Crippen LogP contribution in [0.2, 0.25) is 0 Å². The van der Waals surface area contributed by atoms with Crippen molar-refractivity contribution < 1.29 is 4.57 Å². The van der Waals surface area contributed by atoms with Crippen LogP contribution < -0.4 is 4.57 Å². The number of hydrogen-bond acceptors (Lipinski definition) is 2. The largest absolute Gasteiger partial charge is 0.332 e. The minimum Gasteiger partial charge on any atom is -0.226 e. The summed E-state index contributed by atoms with van der Waals surface area (Å²) < 4.78 is 4.15. The first-order valence-corrected chi connectivity index (χ1v) is 6.22. The highest BCUT2D eigenvalue weighted by atomic mass is 32.2. The maximum Gasteiger partial charge on any atom is 0.332 e. The summed E-state index contributed by atoms with van der Waals surface area (Å²) in [6, 6.07) is 0. The molecule has 0 saturated carbocycles. The molecule has 3 nitrogen and oxygen atoms in total. The molecule has 0 unspecified atom stereocenters. The second kappa shape index (κ2) is 6.52. The summed E-state index contributed by atoms with van der Waals surface area (Å²) in [4.78, 5) is 0. The zero-order valence-corrected chi connectivity index (χ0v) is 10.3. The van der Waals surface area contributed by atoms with Crippen LogP contribution in [0.5, 0.6) is 0 Å². The maximum absolute atomic E-state index is 8.68. The van der Waals surface area contributed by atoms with Gasteiger partial charge in [-0.3, -0.25) is 0 Å². The molecule has 0 N–H and O–H groups in total. The molecule has 0 aliphatic carbocycles. The van der Waals surface area contributed by atoms with Crippen LogP contribution in [-0.4, -0.2) is 4.57 Å². The van der Waals surface area contributed by atoms with Crippen molar-refractivity contribution in [1.82, 2.24) is 4.57 Å². The van der Waals surface area contributed by atoms with Gasteiger partial charge in [0.2, 0.25) is 0 Å². The summed E-state index contributed by atoms with van der Waals surface area (Å²) in [5.74, 6) is 0. The van der Waals surface area contributed by atoms with Crippen LogP contribution in [0.25, 0.3) is 0 Å². The topological polar surface area (TPSA) is 32.6 Å². The van der Waals surface area contributed by atoms with E-state index < -0.39 is 0 Å². The monoisotopic (exact) mass is 224 g/mol. The van der Waals surface area contributed by atoms with Crippen LogP contribution in [0.4, 0.5) is 0 Å². The SMILES string of the molecule is CCCCCCn1cc[n+](C)c1SC#N. The molecule has 1 aromatic rings. The van der Waals surface area contributed by atoms with Crippen molar-refractivity contribution in [3.05, 3.63) is 12.4 Å². The molecule has 0 aromatic carbocycles. The Morgan fingerprint density at radius 1 is 1.47 bits per heavy atom. The van der Waals surface area contributed by atoms with E-state index >= 15 is 0 Å². The molecule has 0 amide bonds. The van der Waals surface area contributed by atoms with Crippen LogP contribution in [0.3, 0.4) is 0 Å². The van der Waals surface area contributed by atoms with E-state index in [-0.39, 0.29) is 0 Å². The normalized spacial score (nSPS) is 10.2. The van der Waals surface area contributed by atoms with Crippen molar-refractivity contribution in [3.8, 4) is 5.40 Å². The van der Waals surface area contributed by atoms with E-state index in [1.165, 1.54) is 37.4 Å². The fourth-order valence-corrected chi connectivity index (χ4v) is 2.12. The summed E-state index contributed by atoms with van der Waals surface area (Å²) >= 11 is 1.23. The minimum absolute atomic E-state index is 1.02. The van der Waals surface area contributed by atoms with E-state index in [2.05, 4.69) is 16.9 Å². The van der Waals surface area contributed by atoms with Crippen LogP contribution in [-0.2, 0) is 13.6 Å². The Balaban J connectivity index is 2.50. The fourth-order valence-electron chi connectivity index (χ4n) is 1.56. The van der Waals surface area contributed by atoms with E-state index in [4.69, 9.17) is 5.26 Å². The Kier molecular flexibility index (Phi) is 5.27. The number of nitriles is 1. The number of aryl methyl sites for hydroxylation is 2. The second-order valence-corrected chi connectivity index (χ2v) is 4.39. The third-order valence-corrected chi connectivity index (χ3v) is 3.20. The molecule has 0 bridgehead atoms. The molecular formula is C11H18N3S+. The summed E-state index contributed by atoms with van der Waals surface area (Å²) in [6.07, 6.45) is 9.08. The Labute approximate surface area is 95.7 Å². The van der Waals surface area contributed by atoms with Crippen molar-refractivity contribution in [3.63, 3.8) is 0 Å². The zero-order chi connectivity index (χ0) is 11.1. The molecule has 0 atom stereocenters. The van der Waals surface area contributed by atoms with Gasteiger partial charge < -0.3 is 0 Å². The van der Waals surface area contributed by atoms with E-state index in [1.54, 1.807) is 0 Å². The Hall–Kier alpha value is -0.950. The van der Waals surface area contributed by atoms with Crippen LogP contribution >= 0.6 is 11.8 Å². The molecule has 0 spiro atoms. The Morgan fingerprint density at radius 2 is 2.27 bits per heavy atom. The third-order valence-electron chi connectivity index (χ3n) is 2.41. The van der Waals surface area contributed by atoms with E-state index in [0.29, 0.717) is 0 Å². The Bertz CT molecular complexity index is 338. The highest BCUT2D eigenvalue weighted by Crippen LogP contribution is 2.13. The quantitative estimate of drug-likeness (QED) is 0.322. The summed E-state index contributed by atoms with van der Waals surface area (Å²) in [7, 11) is 1.97. The van der Waals surface area contributed by atoms with Crippen LogP contribution in [0.15, 0.2) is 17.6 Å². The first kappa shape index (κ1) is 12.1. The van der Waals surface area contributed by atoms with Gasteiger partial charge in [-0.2, -0.15) is 5.26 Å². The summed E-state index contributed by atoms with van der Waals surface area (Å²) in [5, 5.41) is 11.8. The van der Waals surface area contributed by atoms with E-state index in [1.807, 2.05) is 24.0 Å². The zero-order valence-electron chi connectivity index (χ0n) is 9.44. The molecule has 4 heteroatoms. The lowest BCUT2D eigenvalue weighted by Crippen LogP contribution is -2.28. The van der Waals surface area contributed by atoms with Crippen molar-refractivity contribution in [1.29, 1.82) is 5.26 Å². The number of unbranched alkanes of at least 4 members (excludes halogenated alkanes) is 3. The average Bonchev–Trinajstić information content (AvgIpc) is 2.57. The predicted octanol–water partition coefficient (Wildman–Crippen LogP) is 2.47. The van der Waals surface area contributed by atoms with Crippen molar-refractivity contribution in [2.24, 2.45) is 7.05 Å². The van der Waals surface area contributed by atoms with Crippen LogP contribution in [0.1, 0.15) is 32.6 Å². The molecular weight excluding hydrogens is 206 g/mol.